The molecule has 1 aliphatic heterocycles. The molecule has 108 valence electrons. The minimum Gasteiger partial charge on any atom is -0.311 e. The van der Waals surface area contributed by atoms with Crippen LogP contribution in [-0.2, 0) is 9.84 Å². The number of nitrogens with zero attached hydrogens (tertiary/aromatic N) is 1. The van der Waals surface area contributed by atoms with Crippen LogP contribution in [0.2, 0.25) is 0 Å². The standard InChI is InChI=1S/C13H28N2O2S/c1-10(2)6-13-8-15(11(3)7-14-13)12(4)9-18(5,16)17/h10-14H,6-9H2,1-5H3. The molecule has 1 aliphatic rings. The average Bonchev–Trinajstić information content (AvgIpc) is 2.17. The number of rotatable bonds is 5. The van der Waals surface area contributed by atoms with Crippen molar-refractivity contribution in [3.63, 3.8) is 0 Å². The fourth-order valence-corrected chi connectivity index (χ4v) is 3.90. The van der Waals surface area contributed by atoms with E-state index in [0.717, 1.165) is 19.5 Å². The van der Waals surface area contributed by atoms with Gasteiger partial charge in [0, 0.05) is 37.5 Å². The molecule has 0 saturated carbocycles. The third-order valence-corrected chi connectivity index (χ3v) is 4.65. The highest BCUT2D eigenvalue weighted by molar-refractivity contribution is 7.90. The Labute approximate surface area is 112 Å². The van der Waals surface area contributed by atoms with Gasteiger partial charge in [0.2, 0.25) is 0 Å². The molecule has 0 spiro atoms. The summed E-state index contributed by atoms with van der Waals surface area (Å²) < 4.78 is 22.8. The van der Waals surface area contributed by atoms with Crippen LogP contribution >= 0.6 is 0 Å². The maximum Gasteiger partial charge on any atom is 0.148 e. The maximum atomic E-state index is 11.4. The Bertz CT molecular complexity index is 354. The molecule has 0 aliphatic carbocycles. The number of nitrogens with one attached hydrogen (secondary N) is 1. The van der Waals surface area contributed by atoms with E-state index < -0.39 is 9.84 Å². The molecule has 3 unspecified atom stereocenters. The molecular weight excluding hydrogens is 248 g/mol. The molecule has 18 heavy (non-hydrogen) atoms. The number of piperazine rings is 1. The van der Waals surface area contributed by atoms with Crippen molar-refractivity contribution in [1.29, 1.82) is 0 Å². The topological polar surface area (TPSA) is 49.4 Å². The molecule has 0 amide bonds. The third-order valence-electron chi connectivity index (χ3n) is 3.57. The van der Waals surface area contributed by atoms with Gasteiger partial charge < -0.3 is 5.32 Å². The molecule has 1 heterocycles. The molecule has 0 bridgehead atoms. The lowest BCUT2D eigenvalue weighted by Gasteiger charge is -2.42. The Balaban J connectivity index is 2.61. The van der Waals surface area contributed by atoms with Gasteiger partial charge in [0.25, 0.3) is 0 Å². The molecule has 1 saturated heterocycles. The van der Waals surface area contributed by atoms with Crippen molar-refractivity contribution in [2.24, 2.45) is 5.92 Å². The first-order valence-electron chi connectivity index (χ1n) is 6.86. The van der Waals surface area contributed by atoms with E-state index in [9.17, 15) is 8.42 Å². The van der Waals surface area contributed by atoms with Crippen molar-refractivity contribution in [3.8, 4) is 0 Å². The summed E-state index contributed by atoms with van der Waals surface area (Å²) in [5, 5.41) is 3.56. The fourth-order valence-electron chi connectivity index (χ4n) is 2.83. The van der Waals surface area contributed by atoms with Gasteiger partial charge in [-0.05, 0) is 26.2 Å². The zero-order chi connectivity index (χ0) is 13.9. The van der Waals surface area contributed by atoms with Crippen molar-refractivity contribution in [2.75, 3.05) is 25.1 Å². The SMILES string of the molecule is CC(C)CC1CN(C(C)CS(C)(=O)=O)C(C)CN1. The van der Waals surface area contributed by atoms with E-state index in [4.69, 9.17) is 0 Å². The van der Waals surface area contributed by atoms with E-state index in [1.165, 1.54) is 6.26 Å². The molecule has 0 radical (unpaired) electrons. The van der Waals surface area contributed by atoms with E-state index in [1.54, 1.807) is 0 Å². The first-order valence-corrected chi connectivity index (χ1v) is 8.92. The lowest BCUT2D eigenvalue weighted by Crippen LogP contribution is -2.59. The quantitative estimate of drug-likeness (QED) is 0.818. The van der Waals surface area contributed by atoms with E-state index >= 15 is 0 Å². The van der Waals surface area contributed by atoms with Crippen molar-refractivity contribution in [2.45, 2.75) is 52.2 Å². The smallest absolute Gasteiger partial charge is 0.148 e. The molecule has 4 nitrogen and oxygen atoms in total. The van der Waals surface area contributed by atoms with Gasteiger partial charge in [0.05, 0.1) is 5.75 Å². The molecule has 1 fully saturated rings. The van der Waals surface area contributed by atoms with Crippen LogP contribution in [0.4, 0.5) is 0 Å². The van der Waals surface area contributed by atoms with Gasteiger partial charge in [-0.2, -0.15) is 0 Å². The van der Waals surface area contributed by atoms with Crippen LogP contribution in [0.5, 0.6) is 0 Å². The van der Waals surface area contributed by atoms with Crippen LogP contribution in [0.15, 0.2) is 0 Å². The van der Waals surface area contributed by atoms with Gasteiger partial charge in [0.1, 0.15) is 9.84 Å². The van der Waals surface area contributed by atoms with E-state index in [-0.39, 0.29) is 11.8 Å². The zero-order valence-electron chi connectivity index (χ0n) is 12.3. The van der Waals surface area contributed by atoms with Crippen molar-refractivity contribution in [1.82, 2.24) is 10.2 Å². The van der Waals surface area contributed by atoms with Crippen molar-refractivity contribution >= 4 is 9.84 Å². The molecule has 0 aromatic rings. The maximum absolute atomic E-state index is 11.4. The lowest BCUT2D eigenvalue weighted by atomic mass is 9.99. The van der Waals surface area contributed by atoms with Gasteiger partial charge in [-0.3, -0.25) is 4.90 Å². The largest absolute Gasteiger partial charge is 0.311 e. The molecule has 1 N–H and O–H groups in total. The van der Waals surface area contributed by atoms with Crippen LogP contribution in [0.25, 0.3) is 0 Å². The van der Waals surface area contributed by atoms with Gasteiger partial charge in [-0.15, -0.1) is 0 Å². The molecule has 0 aromatic carbocycles. The van der Waals surface area contributed by atoms with Gasteiger partial charge in [0.15, 0.2) is 0 Å². The van der Waals surface area contributed by atoms with E-state index in [2.05, 4.69) is 31.0 Å². The Morgan fingerprint density at radius 1 is 1.33 bits per heavy atom. The van der Waals surface area contributed by atoms with Crippen molar-refractivity contribution in [3.05, 3.63) is 0 Å². The summed E-state index contributed by atoms with van der Waals surface area (Å²) >= 11 is 0. The number of sulfone groups is 1. The number of hydrogen-bond donors (Lipinski definition) is 1. The summed E-state index contributed by atoms with van der Waals surface area (Å²) in [5.41, 5.74) is 0. The number of hydrogen-bond acceptors (Lipinski definition) is 4. The zero-order valence-corrected chi connectivity index (χ0v) is 13.1. The predicted molar refractivity (Wildman–Crippen MR) is 76.6 cm³/mol. The molecule has 0 aromatic heterocycles. The van der Waals surface area contributed by atoms with E-state index in [1.807, 2.05) is 6.92 Å². The Morgan fingerprint density at radius 2 is 1.94 bits per heavy atom. The molecule has 3 atom stereocenters. The van der Waals surface area contributed by atoms with Crippen LogP contribution in [0.1, 0.15) is 34.1 Å². The summed E-state index contributed by atoms with van der Waals surface area (Å²) in [5.74, 6) is 0.925. The van der Waals surface area contributed by atoms with Gasteiger partial charge in [-0.25, -0.2) is 8.42 Å². The van der Waals surface area contributed by atoms with Crippen LogP contribution in [0, 0.1) is 5.92 Å². The summed E-state index contributed by atoms with van der Waals surface area (Å²) in [6.07, 6.45) is 2.47. The minimum atomic E-state index is -2.90. The minimum absolute atomic E-state index is 0.103. The van der Waals surface area contributed by atoms with Crippen molar-refractivity contribution < 1.29 is 8.42 Å². The molecule has 5 heteroatoms. The monoisotopic (exact) mass is 276 g/mol. The Hall–Kier alpha value is -0.130. The summed E-state index contributed by atoms with van der Waals surface area (Å²) in [6.45, 7) is 10.5. The Morgan fingerprint density at radius 3 is 2.44 bits per heavy atom. The van der Waals surface area contributed by atoms with E-state index in [0.29, 0.717) is 18.0 Å². The van der Waals surface area contributed by atoms with Crippen LogP contribution < -0.4 is 5.32 Å². The Kier molecular flexibility index (Phi) is 5.62. The summed E-state index contributed by atoms with van der Waals surface area (Å²) in [6, 6.07) is 1.00. The predicted octanol–water partition coefficient (Wildman–Crippen LogP) is 1.13. The highest BCUT2D eigenvalue weighted by atomic mass is 32.2. The lowest BCUT2D eigenvalue weighted by molar-refractivity contribution is 0.101. The highest BCUT2D eigenvalue weighted by Gasteiger charge is 2.29. The second kappa shape index (κ2) is 6.35. The van der Waals surface area contributed by atoms with Crippen LogP contribution in [-0.4, -0.2) is 56.5 Å². The fraction of sp³-hybridized carbons (Fsp3) is 1.00. The average molecular weight is 276 g/mol. The van der Waals surface area contributed by atoms with Gasteiger partial charge in [-0.1, -0.05) is 13.8 Å². The summed E-state index contributed by atoms with van der Waals surface area (Å²) in [4.78, 5) is 2.34. The first-order chi connectivity index (χ1) is 8.19. The molecular formula is C13H28N2O2S. The second-order valence-corrected chi connectivity index (χ2v) is 8.41. The third kappa shape index (κ3) is 5.24. The van der Waals surface area contributed by atoms with Gasteiger partial charge >= 0.3 is 0 Å². The summed E-state index contributed by atoms with van der Waals surface area (Å²) in [7, 11) is -2.90. The first kappa shape index (κ1) is 15.9. The molecule has 1 rings (SSSR count). The second-order valence-electron chi connectivity index (χ2n) is 6.22. The normalized spacial score (nSPS) is 28.6. The van der Waals surface area contributed by atoms with Crippen LogP contribution in [0.3, 0.4) is 0 Å². The highest BCUT2D eigenvalue weighted by Crippen LogP contribution is 2.16.